The fourth-order valence-corrected chi connectivity index (χ4v) is 4.08. The maximum atomic E-state index is 13.7. The highest BCUT2D eigenvalue weighted by atomic mass is 32.2. The van der Waals surface area contributed by atoms with Crippen LogP contribution in [0.5, 0.6) is 11.5 Å². The van der Waals surface area contributed by atoms with Crippen molar-refractivity contribution in [2.75, 3.05) is 30.8 Å². The molecule has 178 valence electrons. The lowest BCUT2D eigenvalue weighted by Crippen LogP contribution is -2.33. The number of rotatable bonds is 9. The highest BCUT2D eigenvalue weighted by Crippen LogP contribution is 2.30. The number of amides is 2. The molecular weight excluding hydrogens is 465 g/mol. The van der Waals surface area contributed by atoms with Crippen LogP contribution in [0.1, 0.15) is 10.4 Å². The van der Waals surface area contributed by atoms with Gasteiger partial charge in [0.2, 0.25) is 5.91 Å². The smallest absolute Gasteiger partial charge is 0.262 e. The minimum Gasteiger partial charge on any atom is -0.495 e. The molecular formula is C23H22FN3O6S. The Bertz CT molecular complexity index is 1310. The quantitative estimate of drug-likeness (QED) is 0.427. The van der Waals surface area contributed by atoms with E-state index in [1.54, 1.807) is 24.3 Å². The number of para-hydroxylation sites is 2. The third-order valence-electron chi connectivity index (χ3n) is 4.63. The highest BCUT2D eigenvalue weighted by Gasteiger charge is 2.20. The normalized spacial score (nSPS) is 10.8. The summed E-state index contributed by atoms with van der Waals surface area (Å²) >= 11 is 0. The molecule has 0 aliphatic heterocycles. The van der Waals surface area contributed by atoms with Crippen LogP contribution in [0.25, 0.3) is 0 Å². The van der Waals surface area contributed by atoms with Crippen molar-refractivity contribution in [3.8, 4) is 11.5 Å². The van der Waals surface area contributed by atoms with Crippen LogP contribution >= 0.6 is 0 Å². The summed E-state index contributed by atoms with van der Waals surface area (Å²) in [6, 6.07) is 15.7. The Morgan fingerprint density at radius 3 is 2.24 bits per heavy atom. The number of hydrogen-bond donors (Lipinski definition) is 3. The summed E-state index contributed by atoms with van der Waals surface area (Å²) in [6.07, 6.45) is 0. The molecule has 34 heavy (non-hydrogen) atoms. The van der Waals surface area contributed by atoms with Crippen molar-refractivity contribution in [3.05, 3.63) is 78.1 Å². The van der Waals surface area contributed by atoms with Crippen LogP contribution in [-0.2, 0) is 14.8 Å². The Labute approximate surface area is 195 Å². The zero-order chi connectivity index (χ0) is 24.7. The first-order chi connectivity index (χ1) is 16.2. The van der Waals surface area contributed by atoms with E-state index in [-0.39, 0.29) is 27.6 Å². The van der Waals surface area contributed by atoms with Crippen LogP contribution in [0.3, 0.4) is 0 Å². The number of sulfonamides is 1. The SMILES string of the molecule is COc1ccc(S(=O)(=O)Nc2ccccc2OC)cc1NC(=O)CNC(=O)c1ccccc1F. The molecule has 0 aromatic heterocycles. The van der Waals surface area contributed by atoms with Crippen LogP contribution in [-0.4, -0.2) is 41.0 Å². The topological polar surface area (TPSA) is 123 Å². The van der Waals surface area contributed by atoms with Gasteiger partial charge in [0.25, 0.3) is 15.9 Å². The first-order valence-electron chi connectivity index (χ1n) is 9.91. The zero-order valence-electron chi connectivity index (χ0n) is 18.3. The molecule has 3 aromatic rings. The van der Waals surface area contributed by atoms with Crippen molar-refractivity contribution in [1.82, 2.24) is 5.32 Å². The second kappa shape index (κ2) is 10.7. The van der Waals surface area contributed by atoms with Crippen LogP contribution in [0.2, 0.25) is 0 Å². The summed E-state index contributed by atoms with van der Waals surface area (Å²) in [5.74, 6) is -1.63. The number of halogens is 1. The Hall–Kier alpha value is -4.12. The molecule has 3 N–H and O–H groups in total. The van der Waals surface area contributed by atoms with Gasteiger partial charge in [0, 0.05) is 0 Å². The molecule has 0 spiro atoms. The molecule has 0 radical (unpaired) electrons. The molecule has 0 atom stereocenters. The number of hydrogen-bond acceptors (Lipinski definition) is 6. The van der Waals surface area contributed by atoms with Gasteiger partial charge in [-0.3, -0.25) is 14.3 Å². The van der Waals surface area contributed by atoms with Crippen molar-refractivity contribution in [1.29, 1.82) is 0 Å². The molecule has 11 heteroatoms. The van der Waals surface area contributed by atoms with Gasteiger partial charge >= 0.3 is 0 Å². The van der Waals surface area contributed by atoms with Crippen LogP contribution in [0.15, 0.2) is 71.6 Å². The molecule has 0 fully saturated rings. The van der Waals surface area contributed by atoms with Gasteiger partial charge in [0.05, 0.1) is 42.6 Å². The Kier molecular flexibility index (Phi) is 7.69. The fourth-order valence-electron chi connectivity index (χ4n) is 2.98. The lowest BCUT2D eigenvalue weighted by Gasteiger charge is -2.15. The molecule has 0 saturated heterocycles. The van der Waals surface area contributed by atoms with Gasteiger partial charge in [-0.2, -0.15) is 0 Å². The predicted octanol–water partition coefficient (Wildman–Crippen LogP) is 3.01. The van der Waals surface area contributed by atoms with E-state index in [4.69, 9.17) is 9.47 Å². The summed E-state index contributed by atoms with van der Waals surface area (Å²) in [5, 5.41) is 4.80. The maximum Gasteiger partial charge on any atom is 0.262 e. The predicted molar refractivity (Wildman–Crippen MR) is 124 cm³/mol. The maximum absolute atomic E-state index is 13.7. The summed E-state index contributed by atoms with van der Waals surface area (Å²) in [5.41, 5.74) is 0.0983. The van der Waals surface area contributed by atoms with E-state index in [9.17, 15) is 22.4 Å². The van der Waals surface area contributed by atoms with Gasteiger partial charge in [-0.1, -0.05) is 24.3 Å². The van der Waals surface area contributed by atoms with Crippen molar-refractivity contribution >= 4 is 33.2 Å². The number of carbonyl (C=O) groups is 2. The van der Waals surface area contributed by atoms with Gasteiger partial charge in [-0.05, 0) is 42.5 Å². The Morgan fingerprint density at radius 2 is 1.53 bits per heavy atom. The van der Waals surface area contributed by atoms with Gasteiger partial charge in [0.15, 0.2) is 0 Å². The highest BCUT2D eigenvalue weighted by molar-refractivity contribution is 7.92. The third kappa shape index (κ3) is 5.81. The molecule has 3 aromatic carbocycles. The van der Waals surface area contributed by atoms with Crippen molar-refractivity contribution < 1.29 is 31.9 Å². The van der Waals surface area contributed by atoms with E-state index >= 15 is 0 Å². The summed E-state index contributed by atoms with van der Waals surface area (Å²) in [7, 11) is -1.27. The van der Waals surface area contributed by atoms with Crippen molar-refractivity contribution in [3.63, 3.8) is 0 Å². The van der Waals surface area contributed by atoms with Crippen LogP contribution in [0.4, 0.5) is 15.8 Å². The van der Waals surface area contributed by atoms with Gasteiger partial charge in [-0.25, -0.2) is 12.8 Å². The van der Waals surface area contributed by atoms with Gasteiger partial charge in [-0.15, -0.1) is 0 Å². The van der Waals surface area contributed by atoms with E-state index in [0.29, 0.717) is 5.75 Å². The third-order valence-corrected chi connectivity index (χ3v) is 6.00. The van der Waals surface area contributed by atoms with E-state index < -0.39 is 34.2 Å². The molecule has 0 saturated carbocycles. The molecule has 0 aliphatic rings. The van der Waals surface area contributed by atoms with E-state index in [2.05, 4.69) is 15.4 Å². The molecule has 0 heterocycles. The van der Waals surface area contributed by atoms with E-state index in [1.807, 2.05) is 0 Å². The van der Waals surface area contributed by atoms with Crippen LogP contribution < -0.4 is 24.8 Å². The second-order valence-electron chi connectivity index (χ2n) is 6.88. The number of ether oxygens (including phenoxy) is 2. The first kappa shape index (κ1) is 24.5. The van der Waals surface area contributed by atoms with Gasteiger partial charge in [0.1, 0.15) is 17.3 Å². The second-order valence-corrected chi connectivity index (χ2v) is 8.56. The number of anilines is 2. The minimum absolute atomic E-state index is 0.0653. The van der Waals surface area contributed by atoms with E-state index in [0.717, 1.165) is 6.07 Å². The van der Waals surface area contributed by atoms with Crippen molar-refractivity contribution in [2.45, 2.75) is 4.90 Å². The summed E-state index contributed by atoms with van der Waals surface area (Å²) < 4.78 is 52.3. The summed E-state index contributed by atoms with van der Waals surface area (Å²) in [6.45, 7) is -0.479. The largest absolute Gasteiger partial charge is 0.495 e. The molecule has 0 bridgehead atoms. The molecule has 9 nitrogen and oxygen atoms in total. The molecule has 2 amide bonds. The van der Waals surface area contributed by atoms with Gasteiger partial charge < -0.3 is 20.1 Å². The molecule has 0 aliphatic carbocycles. The first-order valence-corrected chi connectivity index (χ1v) is 11.4. The lowest BCUT2D eigenvalue weighted by atomic mass is 10.2. The zero-order valence-corrected chi connectivity index (χ0v) is 19.1. The summed E-state index contributed by atoms with van der Waals surface area (Å²) in [4.78, 5) is 24.3. The van der Waals surface area contributed by atoms with Crippen LogP contribution in [0, 0.1) is 5.82 Å². The monoisotopic (exact) mass is 487 g/mol. The average Bonchev–Trinajstić information content (AvgIpc) is 2.83. The Balaban J connectivity index is 1.75. The average molecular weight is 488 g/mol. The number of carbonyl (C=O) groups excluding carboxylic acids is 2. The fraction of sp³-hybridized carbons (Fsp3) is 0.130. The minimum atomic E-state index is -4.04. The number of benzene rings is 3. The standard InChI is InChI=1S/C23H22FN3O6S/c1-32-20-10-6-5-9-18(20)27-34(30,31)15-11-12-21(33-2)19(13-15)26-22(28)14-25-23(29)16-7-3-4-8-17(16)24/h3-13,27H,14H2,1-2H3,(H,25,29)(H,26,28). The lowest BCUT2D eigenvalue weighted by molar-refractivity contribution is -0.115. The molecule has 0 unspecified atom stereocenters. The van der Waals surface area contributed by atoms with Crippen molar-refractivity contribution in [2.24, 2.45) is 0 Å². The van der Waals surface area contributed by atoms with E-state index in [1.165, 1.54) is 50.6 Å². The number of nitrogens with one attached hydrogen (secondary N) is 3. The Morgan fingerprint density at radius 1 is 0.882 bits per heavy atom. The number of methoxy groups -OCH3 is 2. The molecule has 3 rings (SSSR count).